The number of nitro groups is 1. The third-order valence-corrected chi connectivity index (χ3v) is 2.41. The third-order valence-electron chi connectivity index (χ3n) is 1.35. The van der Waals surface area contributed by atoms with Gasteiger partial charge in [0.15, 0.2) is 0 Å². The van der Waals surface area contributed by atoms with Crippen molar-refractivity contribution in [3.63, 3.8) is 0 Å². The van der Waals surface area contributed by atoms with Gasteiger partial charge in [-0.25, -0.2) is 0 Å². The molecule has 1 rings (SSSR count). The first-order valence-corrected chi connectivity index (χ1v) is 4.88. The molecule has 0 saturated carbocycles. The fourth-order valence-electron chi connectivity index (χ4n) is 0.861. The molecule has 1 aromatic carbocycles. The number of hydrogen-bond acceptors (Lipinski definition) is 4. The number of rotatable bonds is 3. The molecule has 0 saturated heterocycles. The quantitative estimate of drug-likeness (QED) is 0.487. The van der Waals surface area contributed by atoms with Gasteiger partial charge in [0.05, 0.1) is 4.92 Å². The minimum Gasteiger partial charge on any atom is -0.421 e. The van der Waals surface area contributed by atoms with Crippen molar-refractivity contribution in [2.24, 2.45) is 0 Å². The third kappa shape index (κ3) is 2.30. The van der Waals surface area contributed by atoms with E-state index in [4.69, 9.17) is 0 Å². The second-order valence-corrected chi connectivity index (χ2v) is 3.98. The molecule has 0 N–H and O–H groups in total. The number of carbonyl (C=O) groups is 1. The van der Waals surface area contributed by atoms with E-state index in [1.54, 1.807) is 0 Å². The van der Waals surface area contributed by atoms with Crippen LogP contribution in [0.3, 0.4) is 0 Å². The van der Waals surface area contributed by atoms with Crippen molar-refractivity contribution in [2.75, 3.05) is 0 Å². The molecule has 74 valence electrons. The van der Waals surface area contributed by atoms with Gasteiger partial charge in [0.1, 0.15) is 4.47 Å². The van der Waals surface area contributed by atoms with Gasteiger partial charge in [-0.2, -0.15) is 0 Å². The number of benzene rings is 1. The number of carbonyl (C=O) groups excluding carboxylic acids is 1. The maximum absolute atomic E-state index is 10.6. The first-order chi connectivity index (χ1) is 6.56. The maximum atomic E-state index is 10.6. The summed E-state index contributed by atoms with van der Waals surface area (Å²) >= 11 is 6.12. The molecule has 0 spiro atoms. The van der Waals surface area contributed by atoms with E-state index in [0.717, 1.165) is 0 Å². The first-order valence-electron chi connectivity index (χ1n) is 3.30. The monoisotopic (exact) mass is 323 g/mol. The van der Waals surface area contributed by atoms with E-state index < -0.39 is 4.92 Å². The molecular weight excluding hydrogens is 322 g/mol. The van der Waals surface area contributed by atoms with Gasteiger partial charge >= 0.3 is 5.69 Å². The predicted molar refractivity (Wildman–Crippen MR) is 55.2 cm³/mol. The zero-order chi connectivity index (χ0) is 10.7. The summed E-state index contributed by atoms with van der Waals surface area (Å²) in [6.07, 6.45) is 0. The van der Waals surface area contributed by atoms with Crippen LogP contribution in [0.2, 0.25) is 0 Å². The summed E-state index contributed by atoms with van der Waals surface area (Å²) in [5, 5.41) is 10.6. The van der Waals surface area contributed by atoms with Gasteiger partial charge in [-0.1, -0.05) is 15.9 Å². The summed E-state index contributed by atoms with van der Waals surface area (Å²) in [7, 11) is 0. The summed E-state index contributed by atoms with van der Waals surface area (Å²) in [4.78, 5) is 20.1. The Kier molecular flexibility index (Phi) is 3.59. The summed E-state index contributed by atoms with van der Waals surface area (Å²) in [6, 6.07) is 2.84. The van der Waals surface area contributed by atoms with E-state index >= 15 is 0 Å². The smallest absolute Gasteiger partial charge is 0.325 e. The van der Waals surface area contributed by atoms with Gasteiger partial charge in [-0.15, -0.1) is 0 Å². The molecule has 14 heavy (non-hydrogen) atoms. The van der Waals surface area contributed by atoms with E-state index in [9.17, 15) is 14.9 Å². The van der Waals surface area contributed by atoms with Crippen molar-refractivity contribution in [1.29, 1.82) is 0 Å². The minimum absolute atomic E-state index is 0.105. The highest BCUT2D eigenvalue weighted by Gasteiger charge is 2.20. The summed E-state index contributed by atoms with van der Waals surface area (Å²) < 4.78 is 5.30. The summed E-state index contributed by atoms with van der Waals surface area (Å²) in [5.41, 5.74) is -0.277. The topological polar surface area (TPSA) is 69.4 Å². The molecule has 0 amide bonds. The maximum Gasteiger partial charge on any atom is 0.325 e. The molecule has 7 heteroatoms. The Bertz CT molecular complexity index is 394. The number of hydrogen-bond donors (Lipinski definition) is 0. The van der Waals surface area contributed by atoms with E-state index in [1.807, 2.05) is 0 Å². The lowest BCUT2D eigenvalue weighted by molar-refractivity contribution is -0.386. The summed E-state index contributed by atoms with van der Waals surface area (Å²) in [5.74, 6) is -0.105. The van der Waals surface area contributed by atoms with Crippen LogP contribution in [0, 0.1) is 10.1 Å². The van der Waals surface area contributed by atoms with Crippen molar-refractivity contribution in [1.82, 2.24) is 0 Å². The van der Waals surface area contributed by atoms with Crippen molar-refractivity contribution >= 4 is 44.0 Å². The standard InChI is InChI=1S/C7H3Br2NO4/c8-4-1-5(9)7(10(12)13)6(2-4)14-3-11/h1-3H. The van der Waals surface area contributed by atoms with Gasteiger partial charge in [0.2, 0.25) is 5.75 Å². The van der Waals surface area contributed by atoms with E-state index in [2.05, 4.69) is 36.6 Å². The van der Waals surface area contributed by atoms with Crippen LogP contribution in [-0.4, -0.2) is 11.4 Å². The molecule has 0 aliphatic rings. The minimum atomic E-state index is -0.630. The van der Waals surface area contributed by atoms with Gasteiger partial charge < -0.3 is 4.74 Å². The fraction of sp³-hybridized carbons (Fsp3) is 0. The number of ether oxygens (including phenoxy) is 1. The fourth-order valence-corrected chi connectivity index (χ4v) is 2.19. The molecule has 1 aromatic rings. The van der Waals surface area contributed by atoms with Crippen LogP contribution in [0.1, 0.15) is 0 Å². The van der Waals surface area contributed by atoms with Crippen LogP contribution < -0.4 is 4.74 Å². The van der Waals surface area contributed by atoms with Crippen molar-refractivity contribution < 1.29 is 14.5 Å². The Hall–Kier alpha value is -0.950. The number of nitrogens with zero attached hydrogens (tertiary/aromatic N) is 1. The Morgan fingerprint density at radius 1 is 1.43 bits per heavy atom. The zero-order valence-corrected chi connectivity index (χ0v) is 9.74. The van der Waals surface area contributed by atoms with Crippen LogP contribution >= 0.6 is 31.9 Å². The highest BCUT2D eigenvalue weighted by atomic mass is 79.9. The van der Waals surface area contributed by atoms with E-state index in [-0.39, 0.29) is 22.4 Å². The lowest BCUT2D eigenvalue weighted by Gasteiger charge is -2.02. The Balaban J connectivity index is 3.35. The van der Waals surface area contributed by atoms with Crippen LogP contribution in [0.4, 0.5) is 5.69 Å². The van der Waals surface area contributed by atoms with Crippen LogP contribution in [-0.2, 0) is 4.79 Å². The second kappa shape index (κ2) is 4.52. The summed E-state index contributed by atoms with van der Waals surface area (Å²) in [6.45, 7) is 0.140. The van der Waals surface area contributed by atoms with Gasteiger partial charge in [0.25, 0.3) is 6.47 Å². The Morgan fingerprint density at radius 3 is 2.57 bits per heavy atom. The molecule has 0 heterocycles. The highest BCUT2D eigenvalue weighted by Crippen LogP contribution is 2.37. The van der Waals surface area contributed by atoms with Crippen molar-refractivity contribution in [3.05, 3.63) is 31.2 Å². The van der Waals surface area contributed by atoms with Crippen LogP contribution in [0.5, 0.6) is 5.75 Å². The van der Waals surface area contributed by atoms with Gasteiger partial charge in [0, 0.05) is 10.5 Å². The Labute approximate surface area is 95.5 Å². The average Bonchev–Trinajstić information content (AvgIpc) is 2.01. The SMILES string of the molecule is O=COc1cc(Br)cc(Br)c1[N+](=O)[O-]. The molecular formula is C7H3Br2NO4. The van der Waals surface area contributed by atoms with Crippen molar-refractivity contribution in [3.8, 4) is 5.75 Å². The number of halogens is 2. The molecule has 0 aliphatic heterocycles. The number of nitro benzene ring substituents is 1. The molecule has 0 fully saturated rings. The van der Waals surface area contributed by atoms with Crippen LogP contribution in [0.25, 0.3) is 0 Å². The zero-order valence-electron chi connectivity index (χ0n) is 6.57. The molecule has 0 unspecified atom stereocenters. The highest BCUT2D eigenvalue weighted by molar-refractivity contribution is 9.11. The van der Waals surface area contributed by atoms with E-state index in [1.165, 1.54) is 12.1 Å². The molecule has 0 atom stereocenters. The first kappa shape index (κ1) is 11.1. The van der Waals surface area contributed by atoms with E-state index in [0.29, 0.717) is 4.47 Å². The molecule has 0 bridgehead atoms. The van der Waals surface area contributed by atoms with Gasteiger partial charge in [-0.05, 0) is 22.0 Å². The predicted octanol–water partition coefficient (Wildman–Crippen LogP) is 2.66. The Morgan fingerprint density at radius 2 is 2.07 bits per heavy atom. The van der Waals surface area contributed by atoms with Gasteiger partial charge in [-0.3, -0.25) is 14.9 Å². The molecule has 0 radical (unpaired) electrons. The largest absolute Gasteiger partial charge is 0.421 e. The lowest BCUT2D eigenvalue weighted by Crippen LogP contribution is -1.97. The average molecular weight is 325 g/mol. The van der Waals surface area contributed by atoms with Crippen LogP contribution in [0.15, 0.2) is 21.1 Å². The molecule has 0 aliphatic carbocycles. The normalized spacial score (nSPS) is 9.57. The second-order valence-electron chi connectivity index (χ2n) is 2.21. The molecule has 5 nitrogen and oxygen atoms in total. The lowest BCUT2D eigenvalue weighted by atomic mass is 10.3. The van der Waals surface area contributed by atoms with Crippen molar-refractivity contribution in [2.45, 2.75) is 0 Å². The molecule has 0 aromatic heterocycles.